The van der Waals surface area contributed by atoms with Gasteiger partial charge in [0.25, 0.3) is 0 Å². The largest absolute Gasteiger partial charge is 0.319 e. The van der Waals surface area contributed by atoms with Crippen molar-refractivity contribution >= 4 is 22.5 Å². The highest BCUT2D eigenvalue weighted by Gasteiger charge is 2.03. The van der Waals surface area contributed by atoms with Crippen molar-refractivity contribution < 1.29 is 0 Å². The highest BCUT2D eigenvalue weighted by molar-refractivity contribution is 6.31. The van der Waals surface area contributed by atoms with Gasteiger partial charge in [-0.25, -0.2) is 9.97 Å². The third-order valence-electron chi connectivity index (χ3n) is 2.29. The molecule has 1 aromatic carbocycles. The Labute approximate surface area is 93.5 Å². The molecule has 3 nitrogen and oxygen atoms in total. The SMILES string of the molecule is CNCCc1ncnc2cc(Cl)ccc12. The maximum absolute atomic E-state index is 5.90. The summed E-state index contributed by atoms with van der Waals surface area (Å²) >= 11 is 5.90. The quantitative estimate of drug-likeness (QED) is 0.862. The smallest absolute Gasteiger partial charge is 0.116 e. The topological polar surface area (TPSA) is 37.8 Å². The Morgan fingerprint density at radius 1 is 1.33 bits per heavy atom. The fourth-order valence-corrected chi connectivity index (χ4v) is 1.69. The maximum atomic E-state index is 5.90. The van der Waals surface area contributed by atoms with Crippen LogP contribution in [0.25, 0.3) is 10.9 Å². The van der Waals surface area contributed by atoms with E-state index < -0.39 is 0 Å². The molecule has 0 aliphatic heterocycles. The zero-order chi connectivity index (χ0) is 10.7. The van der Waals surface area contributed by atoms with Crippen LogP contribution in [0.15, 0.2) is 24.5 Å². The Kier molecular flexibility index (Phi) is 3.14. The molecule has 0 amide bonds. The molecule has 0 radical (unpaired) electrons. The minimum absolute atomic E-state index is 0.709. The molecule has 0 saturated carbocycles. The van der Waals surface area contributed by atoms with E-state index >= 15 is 0 Å². The van der Waals surface area contributed by atoms with Gasteiger partial charge in [0, 0.05) is 23.4 Å². The number of aromatic nitrogens is 2. The van der Waals surface area contributed by atoms with Crippen LogP contribution in [0.3, 0.4) is 0 Å². The summed E-state index contributed by atoms with van der Waals surface area (Å²) in [6.07, 6.45) is 2.49. The first-order valence-corrected chi connectivity index (χ1v) is 5.23. The number of hydrogen-bond donors (Lipinski definition) is 1. The molecule has 2 aromatic rings. The molecule has 0 atom stereocenters. The average molecular weight is 222 g/mol. The summed E-state index contributed by atoms with van der Waals surface area (Å²) in [6, 6.07) is 5.71. The summed E-state index contributed by atoms with van der Waals surface area (Å²) in [5, 5.41) is 4.90. The second-order valence-electron chi connectivity index (χ2n) is 3.34. The van der Waals surface area contributed by atoms with Crippen LogP contribution in [-0.4, -0.2) is 23.6 Å². The van der Waals surface area contributed by atoms with Crippen molar-refractivity contribution in [1.82, 2.24) is 15.3 Å². The molecule has 2 rings (SSSR count). The highest BCUT2D eigenvalue weighted by atomic mass is 35.5. The lowest BCUT2D eigenvalue weighted by Crippen LogP contribution is -2.11. The molecule has 0 bridgehead atoms. The number of likely N-dealkylation sites (N-methyl/N-ethyl adjacent to an activating group) is 1. The van der Waals surface area contributed by atoms with Crippen LogP contribution in [0, 0.1) is 0 Å². The van der Waals surface area contributed by atoms with Crippen LogP contribution in [0.4, 0.5) is 0 Å². The van der Waals surface area contributed by atoms with Crippen molar-refractivity contribution in [2.75, 3.05) is 13.6 Å². The van der Waals surface area contributed by atoms with E-state index in [1.807, 2.05) is 25.2 Å². The summed E-state index contributed by atoms with van der Waals surface area (Å²) in [4.78, 5) is 8.47. The molecule has 0 aliphatic carbocycles. The van der Waals surface area contributed by atoms with Gasteiger partial charge in [-0.2, -0.15) is 0 Å². The number of rotatable bonds is 3. The minimum Gasteiger partial charge on any atom is -0.319 e. The van der Waals surface area contributed by atoms with Crippen molar-refractivity contribution in [1.29, 1.82) is 0 Å². The fourth-order valence-electron chi connectivity index (χ4n) is 1.53. The zero-order valence-corrected chi connectivity index (χ0v) is 9.25. The Morgan fingerprint density at radius 3 is 3.00 bits per heavy atom. The standard InChI is InChI=1S/C11H12ClN3/c1-13-5-4-10-9-3-2-8(12)6-11(9)15-7-14-10/h2-3,6-7,13H,4-5H2,1H3. The number of nitrogens with one attached hydrogen (secondary N) is 1. The molecule has 1 heterocycles. The lowest BCUT2D eigenvalue weighted by Gasteiger charge is -2.04. The van der Waals surface area contributed by atoms with Gasteiger partial charge >= 0.3 is 0 Å². The molecule has 4 heteroatoms. The van der Waals surface area contributed by atoms with Crippen molar-refractivity contribution in [3.63, 3.8) is 0 Å². The lowest BCUT2D eigenvalue weighted by atomic mass is 10.1. The van der Waals surface area contributed by atoms with Crippen LogP contribution in [0.5, 0.6) is 0 Å². The van der Waals surface area contributed by atoms with E-state index in [-0.39, 0.29) is 0 Å². The predicted octanol–water partition coefficient (Wildman–Crippen LogP) is 2.05. The Hall–Kier alpha value is -1.19. The number of fused-ring (bicyclic) bond motifs is 1. The minimum atomic E-state index is 0.709. The zero-order valence-electron chi connectivity index (χ0n) is 8.50. The van der Waals surface area contributed by atoms with E-state index in [2.05, 4.69) is 15.3 Å². The van der Waals surface area contributed by atoms with Crippen molar-refractivity contribution in [3.05, 3.63) is 35.2 Å². The molecule has 0 aliphatic rings. The maximum Gasteiger partial charge on any atom is 0.116 e. The van der Waals surface area contributed by atoms with Crippen molar-refractivity contribution in [2.45, 2.75) is 6.42 Å². The van der Waals surface area contributed by atoms with Crippen molar-refractivity contribution in [3.8, 4) is 0 Å². The van der Waals surface area contributed by atoms with E-state index in [9.17, 15) is 0 Å². The first-order valence-electron chi connectivity index (χ1n) is 4.85. The third-order valence-corrected chi connectivity index (χ3v) is 2.53. The van der Waals surface area contributed by atoms with Gasteiger partial charge in [0.15, 0.2) is 0 Å². The number of halogens is 1. The molecule has 78 valence electrons. The molecule has 0 saturated heterocycles. The van der Waals surface area contributed by atoms with Gasteiger partial charge in [-0.1, -0.05) is 11.6 Å². The van der Waals surface area contributed by atoms with Gasteiger partial charge in [0.1, 0.15) is 6.33 Å². The summed E-state index contributed by atoms with van der Waals surface area (Å²) < 4.78 is 0. The number of nitrogens with zero attached hydrogens (tertiary/aromatic N) is 2. The summed E-state index contributed by atoms with van der Waals surface area (Å²) in [5.41, 5.74) is 1.97. The number of benzene rings is 1. The number of hydrogen-bond acceptors (Lipinski definition) is 3. The molecular weight excluding hydrogens is 210 g/mol. The van der Waals surface area contributed by atoms with Crippen LogP contribution >= 0.6 is 11.6 Å². The van der Waals surface area contributed by atoms with Gasteiger partial charge in [0.05, 0.1) is 11.2 Å². The van der Waals surface area contributed by atoms with Gasteiger partial charge in [-0.15, -0.1) is 0 Å². The van der Waals surface area contributed by atoms with E-state index in [0.717, 1.165) is 29.6 Å². The molecule has 1 aromatic heterocycles. The first kappa shape index (κ1) is 10.3. The fraction of sp³-hybridized carbons (Fsp3) is 0.273. The Bertz CT molecular complexity index is 470. The molecule has 1 N–H and O–H groups in total. The monoisotopic (exact) mass is 221 g/mol. The van der Waals surface area contributed by atoms with Crippen LogP contribution in [0.2, 0.25) is 5.02 Å². The first-order chi connectivity index (χ1) is 7.31. The highest BCUT2D eigenvalue weighted by Crippen LogP contribution is 2.19. The summed E-state index contributed by atoms with van der Waals surface area (Å²) in [5.74, 6) is 0. The van der Waals surface area contributed by atoms with E-state index in [1.54, 1.807) is 6.33 Å². The molecule has 0 spiro atoms. The molecule has 0 unspecified atom stereocenters. The van der Waals surface area contributed by atoms with E-state index in [0.29, 0.717) is 5.02 Å². The molecular formula is C11H12ClN3. The van der Waals surface area contributed by atoms with E-state index in [4.69, 9.17) is 11.6 Å². The average Bonchev–Trinajstić information content (AvgIpc) is 2.25. The van der Waals surface area contributed by atoms with Gasteiger partial charge < -0.3 is 5.32 Å². The molecule has 15 heavy (non-hydrogen) atoms. The van der Waals surface area contributed by atoms with Gasteiger partial charge in [0.2, 0.25) is 0 Å². The van der Waals surface area contributed by atoms with Crippen LogP contribution in [-0.2, 0) is 6.42 Å². The van der Waals surface area contributed by atoms with Crippen LogP contribution < -0.4 is 5.32 Å². The molecule has 0 fully saturated rings. The Balaban J connectivity index is 2.46. The summed E-state index contributed by atoms with van der Waals surface area (Å²) in [7, 11) is 1.93. The van der Waals surface area contributed by atoms with Gasteiger partial charge in [-0.3, -0.25) is 0 Å². The van der Waals surface area contributed by atoms with Crippen molar-refractivity contribution in [2.24, 2.45) is 0 Å². The predicted molar refractivity (Wildman–Crippen MR) is 62.2 cm³/mol. The van der Waals surface area contributed by atoms with Gasteiger partial charge in [-0.05, 0) is 25.2 Å². The third kappa shape index (κ3) is 2.25. The van der Waals surface area contributed by atoms with Crippen LogP contribution in [0.1, 0.15) is 5.69 Å². The lowest BCUT2D eigenvalue weighted by molar-refractivity contribution is 0.779. The normalized spacial score (nSPS) is 10.8. The second-order valence-corrected chi connectivity index (χ2v) is 3.77. The van der Waals surface area contributed by atoms with E-state index in [1.165, 1.54) is 0 Å². The Morgan fingerprint density at radius 2 is 2.20 bits per heavy atom. The second kappa shape index (κ2) is 4.55. The summed E-state index contributed by atoms with van der Waals surface area (Å²) in [6.45, 7) is 0.911.